The highest BCUT2D eigenvalue weighted by Gasteiger charge is 2.14. The lowest BCUT2D eigenvalue weighted by Gasteiger charge is -2.09. The van der Waals surface area contributed by atoms with Crippen molar-refractivity contribution in [3.8, 4) is 17.2 Å². The van der Waals surface area contributed by atoms with Crippen molar-refractivity contribution in [1.82, 2.24) is 25.5 Å². The van der Waals surface area contributed by atoms with Crippen LogP contribution in [0.2, 0.25) is 0 Å². The van der Waals surface area contributed by atoms with Crippen molar-refractivity contribution in [3.05, 3.63) is 59.4 Å². The molecule has 9 nitrogen and oxygen atoms in total. The minimum atomic E-state index is -0.193. The van der Waals surface area contributed by atoms with E-state index in [9.17, 15) is 4.79 Å². The molecular weight excluding hydrogens is 362 g/mol. The minimum Gasteiger partial charge on any atom is -0.486 e. The van der Waals surface area contributed by atoms with E-state index < -0.39 is 0 Å². The summed E-state index contributed by atoms with van der Waals surface area (Å²) in [6.07, 6.45) is 0. The van der Waals surface area contributed by atoms with Gasteiger partial charge in [0.2, 0.25) is 6.79 Å². The summed E-state index contributed by atoms with van der Waals surface area (Å²) in [6.45, 7) is 3.44. The van der Waals surface area contributed by atoms with E-state index in [0.29, 0.717) is 41.7 Å². The van der Waals surface area contributed by atoms with Gasteiger partial charge in [-0.1, -0.05) is 12.1 Å². The minimum absolute atomic E-state index is 0.193. The van der Waals surface area contributed by atoms with E-state index in [4.69, 9.17) is 14.2 Å². The number of carbonyl (C=O) groups excluding carboxylic acids is 1. The largest absolute Gasteiger partial charge is 0.486 e. The number of aromatic nitrogens is 4. The van der Waals surface area contributed by atoms with Crippen molar-refractivity contribution >= 4 is 5.91 Å². The lowest BCUT2D eigenvalue weighted by Crippen LogP contribution is -2.22. The first-order chi connectivity index (χ1) is 13.7. The predicted molar refractivity (Wildman–Crippen MR) is 98.0 cm³/mol. The van der Waals surface area contributed by atoms with Crippen molar-refractivity contribution in [2.24, 2.45) is 0 Å². The number of hydrogen-bond donors (Lipinski definition) is 1. The lowest BCUT2D eigenvalue weighted by atomic mass is 10.1. The topological polar surface area (TPSA) is 100 Å². The molecule has 4 rings (SSSR count). The Kier molecular flexibility index (Phi) is 5.05. The average molecular weight is 381 g/mol. The number of amides is 1. The van der Waals surface area contributed by atoms with Crippen LogP contribution in [-0.4, -0.2) is 32.9 Å². The quantitative estimate of drug-likeness (QED) is 0.667. The second kappa shape index (κ2) is 7.95. The summed E-state index contributed by atoms with van der Waals surface area (Å²) in [7, 11) is 0. The Morgan fingerprint density at radius 2 is 2.11 bits per heavy atom. The molecule has 3 aromatic rings. The van der Waals surface area contributed by atoms with Gasteiger partial charge in [0, 0.05) is 18.7 Å². The number of rotatable bonds is 7. The number of nitrogens with zero attached hydrogens (tertiary/aromatic N) is 4. The average Bonchev–Trinajstić information content (AvgIpc) is 3.39. The van der Waals surface area contributed by atoms with E-state index in [1.165, 1.54) is 0 Å². The van der Waals surface area contributed by atoms with Crippen molar-refractivity contribution in [2.45, 2.75) is 26.6 Å². The molecule has 2 heterocycles. The number of benzene rings is 2. The number of ether oxygens (including phenoxy) is 3. The van der Waals surface area contributed by atoms with Crippen LogP contribution < -0.4 is 19.5 Å². The van der Waals surface area contributed by atoms with Gasteiger partial charge in [-0.3, -0.25) is 4.79 Å². The van der Waals surface area contributed by atoms with E-state index in [-0.39, 0.29) is 19.3 Å². The van der Waals surface area contributed by atoms with Gasteiger partial charge in [-0.2, -0.15) is 0 Å². The molecule has 144 valence electrons. The van der Waals surface area contributed by atoms with Crippen molar-refractivity contribution < 1.29 is 19.0 Å². The lowest BCUT2D eigenvalue weighted by molar-refractivity contribution is 0.0950. The highest BCUT2D eigenvalue weighted by molar-refractivity contribution is 5.94. The molecule has 1 amide bonds. The van der Waals surface area contributed by atoms with Gasteiger partial charge in [0.05, 0.1) is 0 Å². The predicted octanol–water partition coefficient (Wildman–Crippen LogP) is 1.93. The highest BCUT2D eigenvalue weighted by atomic mass is 16.7. The molecule has 0 aliphatic carbocycles. The van der Waals surface area contributed by atoms with Crippen LogP contribution in [0.5, 0.6) is 17.2 Å². The van der Waals surface area contributed by atoms with Gasteiger partial charge in [0.25, 0.3) is 5.91 Å². The third kappa shape index (κ3) is 3.88. The Balaban J connectivity index is 1.36. The van der Waals surface area contributed by atoms with E-state index in [0.717, 1.165) is 5.56 Å². The smallest absolute Gasteiger partial charge is 0.251 e. The Bertz CT molecular complexity index is 988. The van der Waals surface area contributed by atoms with Crippen molar-refractivity contribution in [1.29, 1.82) is 0 Å². The monoisotopic (exact) mass is 381 g/mol. The van der Waals surface area contributed by atoms with Crippen LogP contribution in [0.3, 0.4) is 0 Å². The van der Waals surface area contributed by atoms with Gasteiger partial charge in [-0.05, 0) is 53.2 Å². The zero-order valence-electron chi connectivity index (χ0n) is 15.3. The van der Waals surface area contributed by atoms with Crippen LogP contribution in [0.25, 0.3) is 0 Å². The second-order valence-corrected chi connectivity index (χ2v) is 6.10. The van der Waals surface area contributed by atoms with Gasteiger partial charge in [0.1, 0.15) is 12.4 Å². The molecule has 0 unspecified atom stereocenters. The molecule has 1 aromatic heterocycles. The summed E-state index contributed by atoms with van der Waals surface area (Å²) in [5, 5.41) is 14.3. The van der Waals surface area contributed by atoms with Gasteiger partial charge in [-0.25, -0.2) is 4.68 Å². The first kappa shape index (κ1) is 17.8. The molecule has 0 bridgehead atoms. The Morgan fingerprint density at radius 1 is 1.21 bits per heavy atom. The van der Waals surface area contributed by atoms with E-state index in [1.807, 2.05) is 25.1 Å². The fraction of sp³-hybridized carbons (Fsp3) is 0.263. The summed E-state index contributed by atoms with van der Waals surface area (Å²) in [5.41, 5.74) is 1.43. The number of fused-ring (bicyclic) bond motifs is 1. The summed E-state index contributed by atoms with van der Waals surface area (Å²) in [5.74, 6) is 2.41. The normalized spacial score (nSPS) is 12.0. The Hall–Kier alpha value is -3.62. The number of nitrogens with one attached hydrogen (secondary N) is 1. The number of aryl methyl sites for hydroxylation is 1. The molecule has 0 saturated heterocycles. The molecule has 28 heavy (non-hydrogen) atoms. The van der Waals surface area contributed by atoms with Crippen LogP contribution in [0.1, 0.15) is 28.7 Å². The second-order valence-electron chi connectivity index (χ2n) is 6.10. The number of carbonyl (C=O) groups is 1. The fourth-order valence-electron chi connectivity index (χ4n) is 2.78. The third-order valence-electron chi connectivity index (χ3n) is 4.26. The maximum absolute atomic E-state index is 12.5. The summed E-state index contributed by atoms with van der Waals surface area (Å²) in [4.78, 5) is 12.5. The van der Waals surface area contributed by atoms with Crippen LogP contribution in [-0.2, 0) is 19.7 Å². The molecule has 9 heteroatoms. The van der Waals surface area contributed by atoms with Crippen LogP contribution in [0.4, 0.5) is 0 Å². The molecule has 0 saturated carbocycles. The molecule has 1 aliphatic heterocycles. The SMILES string of the molecule is CCn1nnnc1COc1cccc(C(=O)NCc2ccc3c(c2)OCO3)c1. The van der Waals surface area contributed by atoms with Crippen LogP contribution in [0.15, 0.2) is 42.5 Å². The molecular formula is C19H19N5O4. The molecule has 0 atom stereocenters. The first-order valence-corrected chi connectivity index (χ1v) is 8.87. The maximum Gasteiger partial charge on any atom is 0.251 e. The Labute approximate surface area is 161 Å². The maximum atomic E-state index is 12.5. The van der Waals surface area contributed by atoms with E-state index in [2.05, 4.69) is 20.8 Å². The number of hydrogen-bond acceptors (Lipinski definition) is 7. The van der Waals surface area contributed by atoms with Crippen LogP contribution >= 0.6 is 0 Å². The zero-order valence-corrected chi connectivity index (χ0v) is 15.3. The molecule has 0 fully saturated rings. The van der Waals surface area contributed by atoms with E-state index in [1.54, 1.807) is 28.9 Å². The summed E-state index contributed by atoms with van der Waals surface area (Å²) in [6, 6.07) is 12.6. The van der Waals surface area contributed by atoms with Gasteiger partial charge in [-0.15, -0.1) is 5.10 Å². The van der Waals surface area contributed by atoms with E-state index >= 15 is 0 Å². The molecule has 0 radical (unpaired) electrons. The Morgan fingerprint density at radius 3 is 3.00 bits per heavy atom. The first-order valence-electron chi connectivity index (χ1n) is 8.87. The van der Waals surface area contributed by atoms with Crippen molar-refractivity contribution in [2.75, 3.05) is 6.79 Å². The van der Waals surface area contributed by atoms with Gasteiger partial charge >= 0.3 is 0 Å². The van der Waals surface area contributed by atoms with Gasteiger partial charge in [0.15, 0.2) is 17.3 Å². The standard InChI is InChI=1S/C19H19N5O4/c1-2-24-18(21-22-23-24)11-26-15-5-3-4-14(9-15)19(25)20-10-13-6-7-16-17(8-13)28-12-27-16/h3-9H,2,10-12H2,1H3,(H,20,25). The molecule has 1 N–H and O–H groups in total. The summed E-state index contributed by atoms with van der Waals surface area (Å²) >= 11 is 0. The number of tetrazole rings is 1. The van der Waals surface area contributed by atoms with Gasteiger partial charge < -0.3 is 19.5 Å². The highest BCUT2D eigenvalue weighted by Crippen LogP contribution is 2.32. The molecule has 1 aliphatic rings. The van der Waals surface area contributed by atoms with Crippen LogP contribution in [0, 0.1) is 0 Å². The third-order valence-corrected chi connectivity index (χ3v) is 4.26. The zero-order chi connectivity index (χ0) is 19.3. The molecule has 0 spiro atoms. The van der Waals surface area contributed by atoms with Crippen molar-refractivity contribution in [3.63, 3.8) is 0 Å². The summed E-state index contributed by atoms with van der Waals surface area (Å²) < 4.78 is 18.0. The molecule has 2 aromatic carbocycles. The fourth-order valence-corrected chi connectivity index (χ4v) is 2.78.